The molecule has 0 amide bonds. The topological polar surface area (TPSA) is 51.6 Å². The lowest BCUT2D eigenvalue weighted by Gasteiger charge is -2.22. The summed E-state index contributed by atoms with van der Waals surface area (Å²) >= 11 is 0. The molecular weight excluding hydrogens is 548 g/mol. The van der Waals surface area contributed by atoms with Crippen LogP contribution in [0, 0.1) is 0 Å². The number of fused-ring (bicyclic) bond motifs is 1. The minimum absolute atomic E-state index is 0.0704. The summed E-state index contributed by atoms with van der Waals surface area (Å²) in [5, 5.41) is 0. The van der Waals surface area contributed by atoms with E-state index in [9.17, 15) is 0 Å². The van der Waals surface area contributed by atoms with Crippen LogP contribution in [0.4, 0.5) is 0 Å². The number of hydrogen-bond acceptors (Lipinski definition) is 4. The molecule has 0 unspecified atom stereocenters. The summed E-state index contributed by atoms with van der Waals surface area (Å²) in [7, 11) is 0. The highest BCUT2D eigenvalue weighted by atomic mass is 15.0. The third kappa shape index (κ3) is 6.08. The summed E-state index contributed by atoms with van der Waals surface area (Å²) in [4.78, 5) is 19.8. The largest absolute Gasteiger partial charge is 0.255 e. The molecule has 0 N–H and O–H groups in total. The average Bonchev–Trinajstić information content (AvgIpc) is 3.18. The molecule has 0 saturated heterocycles. The number of pyridine rings is 1. The number of rotatable bonds is 4. The van der Waals surface area contributed by atoms with Gasteiger partial charge in [-0.15, -0.1) is 0 Å². The zero-order valence-electron chi connectivity index (χ0n) is 28.6. The maximum absolute atomic E-state index is 4.97. The number of benzene rings is 3. The van der Waals surface area contributed by atoms with E-state index in [1.54, 1.807) is 0 Å². The number of aromatic nitrogens is 4. The Morgan fingerprint density at radius 3 is 1.36 bits per heavy atom. The van der Waals surface area contributed by atoms with Gasteiger partial charge in [-0.25, -0.2) is 15.0 Å². The van der Waals surface area contributed by atoms with Gasteiger partial charge in [0.1, 0.15) is 0 Å². The van der Waals surface area contributed by atoms with E-state index < -0.39 is 0 Å². The van der Waals surface area contributed by atoms with Gasteiger partial charge < -0.3 is 0 Å². The van der Waals surface area contributed by atoms with Gasteiger partial charge in [0, 0.05) is 28.5 Å². The van der Waals surface area contributed by atoms with Crippen molar-refractivity contribution < 1.29 is 0 Å². The molecule has 3 aromatic carbocycles. The summed E-state index contributed by atoms with van der Waals surface area (Å²) in [5.74, 6) is 1.93. The van der Waals surface area contributed by atoms with Crippen LogP contribution in [0.1, 0.15) is 97.9 Å². The molecule has 1 aliphatic rings. The van der Waals surface area contributed by atoms with Crippen LogP contribution in [0.3, 0.4) is 0 Å². The number of hydrogen-bond donors (Lipinski definition) is 0. The highest BCUT2D eigenvalue weighted by molar-refractivity contribution is 5.69. The predicted molar refractivity (Wildman–Crippen MR) is 187 cm³/mol. The van der Waals surface area contributed by atoms with E-state index in [0.717, 1.165) is 34.4 Å². The fourth-order valence-corrected chi connectivity index (χ4v) is 6.85. The molecule has 230 valence electrons. The molecule has 45 heavy (non-hydrogen) atoms. The van der Waals surface area contributed by atoms with Crippen LogP contribution in [0.15, 0.2) is 85.1 Å². The first-order valence-electron chi connectivity index (χ1n) is 16.1. The normalized spacial score (nSPS) is 15.6. The highest BCUT2D eigenvalue weighted by Gasteiger charge is 2.41. The molecule has 2 heterocycles. The quantitative estimate of drug-likeness (QED) is 0.208. The molecular formula is C41H46N4. The second kappa shape index (κ2) is 10.7. The lowest BCUT2D eigenvalue weighted by atomic mass is 9.82. The van der Waals surface area contributed by atoms with E-state index >= 15 is 0 Å². The van der Waals surface area contributed by atoms with Gasteiger partial charge in [-0.1, -0.05) is 130 Å². The monoisotopic (exact) mass is 594 g/mol. The Hall–Kier alpha value is -4.18. The van der Waals surface area contributed by atoms with Crippen molar-refractivity contribution in [3.05, 3.63) is 107 Å². The average molecular weight is 595 g/mol. The third-order valence-electron chi connectivity index (χ3n) is 9.33. The molecule has 5 aromatic rings. The summed E-state index contributed by atoms with van der Waals surface area (Å²) in [6, 6.07) is 28.2. The van der Waals surface area contributed by atoms with Crippen molar-refractivity contribution in [1.82, 2.24) is 19.9 Å². The second-order valence-electron chi connectivity index (χ2n) is 16.1. The van der Waals surface area contributed by atoms with Crippen LogP contribution in [0.5, 0.6) is 0 Å². The zero-order chi connectivity index (χ0) is 32.4. The first-order valence-corrected chi connectivity index (χ1v) is 16.1. The maximum atomic E-state index is 4.97. The van der Waals surface area contributed by atoms with Crippen LogP contribution in [-0.2, 0) is 21.7 Å². The van der Waals surface area contributed by atoms with Crippen molar-refractivity contribution in [2.24, 2.45) is 0 Å². The van der Waals surface area contributed by atoms with Crippen molar-refractivity contribution in [3.8, 4) is 45.4 Å². The van der Waals surface area contributed by atoms with E-state index in [0.29, 0.717) is 17.5 Å². The van der Waals surface area contributed by atoms with Gasteiger partial charge in [0.15, 0.2) is 17.5 Å². The summed E-state index contributed by atoms with van der Waals surface area (Å²) in [6.45, 7) is 22.8. The van der Waals surface area contributed by atoms with Gasteiger partial charge in [-0.05, 0) is 68.5 Å². The Morgan fingerprint density at radius 2 is 0.911 bits per heavy atom. The minimum atomic E-state index is 0.0704. The summed E-state index contributed by atoms with van der Waals surface area (Å²) in [6.07, 6.45) is 3.04. The van der Waals surface area contributed by atoms with E-state index in [4.69, 9.17) is 19.9 Å². The molecule has 0 spiro atoms. The Kier molecular flexibility index (Phi) is 7.34. The minimum Gasteiger partial charge on any atom is -0.255 e. The predicted octanol–water partition coefficient (Wildman–Crippen LogP) is 10.5. The van der Waals surface area contributed by atoms with E-state index in [-0.39, 0.29) is 21.7 Å². The Morgan fingerprint density at radius 1 is 0.489 bits per heavy atom. The molecule has 0 saturated carbocycles. The molecule has 1 aliphatic carbocycles. The van der Waals surface area contributed by atoms with Gasteiger partial charge in [0.2, 0.25) is 0 Å². The second-order valence-corrected chi connectivity index (χ2v) is 16.1. The fraction of sp³-hybridized carbons (Fsp3) is 0.366. The first-order chi connectivity index (χ1) is 21.0. The smallest absolute Gasteiger partial charge is 0.165 e. The van der Waals surface area contributed by atoms with Crippen LogP contribution < -0.4 is 0 Å². The van der Waals surface area contributed by atoms with Crippen molar-refractivity contribution >= 4 is 0 Å². The molecule has 0 bridgehead atoms. The van der Waals surface area contributed by atoms with Crippen LogP contribution in [0.2, 0.25) is 0 Å². The molecule has 4 nitrogen and oxygen atoms in total. The van der Waals surface area contributed by atoms with E-state index in [2.05, 4.69) is 148 Å². The van der Waals surface area contributed by atoms with Crippen LogP contribution >= 0.6 is 0 Å². The molecule has 0 fully saturated rings. The Balaban J connectivity index is 1.40. The van der Waals surface area contributed by atoms with Crippen LogP contribution in [0.25, 0.3) is 45.4 Å². The Bertz CT molecular complexity index is 1770. The Labute approximate surface area is 269 Å². The number of nitrogens with zero attached hydrogens (tertiary/aromatic N) is 4. The van der Waals surface area contributed by atoms with Gasteiger partial charge in [-0.3, -0.25) is 4.98 Å². The van der Waals surface area contributed by atoms with Gasteiger partial charge in [0.05, 0.1) is 5.69 Å². The van der Waals surface area contributed by atoms with Crippen LogP contribution in [-0.4, -0.2) is 19.9 Å². The highest BCUT2D eigenvalue weighted by Crippen LogP contribution is 2.50. The van der Waals surface area contributed by atoms with E-state index in [1.165, 1.54) is 22.3 Å². The zero-order valence-corrected chi connectivity index (χ0v) is 28.6. The van der Waals surface area contributed by atoms with Gasteiger partial charge in [-0.2, -0.15) is 0 Å². The lowest BCUT2D eigenvalue weighted by Crippen LogP contribution is -2.17. The van der Waals surface area contributed by atoms with Gasteiger partial charge >= 0.3 is 0 Å². The maximum Gasteiger partial charge on any atom is 0.165 e. The van der Waals surface area contributed by atoms with Crippen molar-refractivity contribution in [2.75, 3.05) is 0 Å². The van der Waals surface area contributed by atoms with Crippen molar-refractivity contribution in [1.29, 1.82) is 0 Å². The van der Waals surface area contributed by atoms with Gasteiger partial charge in [0.25, 0.3) is 0 Å². The molecule has 0 radical (unpaired) electrons. The fourth-order valence-electron chi connectivity index (χ4n) is 6.85. The summed E-state index contributed by atoms with van der Waals surface area (Å²) < 4.78 is 0. The van der Waals surface area contributed by atoms with E-state index in [1.807, 2.05) is 6.20 Å². The third-order valence-corrected chi connectivity index (χ3v) is 9.33. The molecule has 2 aromatic heterocycles. The van der Waals surface area contributed by atoms with Crippen molar-refractivity contribution in [3.63, 3.8) is 0 Å². The molecule has 0 aliphatic heterocycles. The molecule has 4 heteroatoms. The SMILES string of the molecule is CC(C)(C)c1ccc(-c2nc(-c3ccc(C(C)(C)C)cc3)nc(-c3ccc(-c4ccc5c(c4)C(C)(C)CC5(C)C)nc3)n2)cc1. The lowest BCUT2D eigenvalue weighted by molar-refractivity contribution is 0.403. The van der Waals surface area contributed by atoms with Crippen molar-refractivity contribution in [2.45, 2.75) is 97.3 Å². The molecule has 0 atom stereocenters. The molecule has 6 rings (SSSR count). The standard InChI is InChI=1S/C41H46N4/c1-38(2,3)30-17-11-26(12-18-30)35-43-36(27-13-19-31(20-14-27)39(4,5)6)45-37(44-35)29-16-22-34(42-24-29)28-15-21-32-33(23-28)41(9,10)25-40(32,7)8/h11-24H,25H2,1-10H3. The summed E-state index contributed by atoms with van der Waals surface area (Å²) in [5.41, 5.74) is 10.8. The first kappa shape index (κ1) is 30.8.